The van der Waals surface area contributed by atoms with Crippen LogP contribution in [0.3, 0.4) is 0 Å². The lowest BCUT2D eigenvalue weighted by Crippen LogP contribution is -2.46. The minimum Gasteiger partial charge on any atom is -0.355 e. The zero-order chi connectivity index (χ0) is 25.7. The fourth-order valence-corrected chi connectivity index (χ4v) is 3.94. The Bertz CT molecular complexity index is 1310. The summed E-state index contributed by atoms with van der Waals surface area (Å²) < 4.78 is 26.6. The van der Waals surface area contributed by atoms with Gasteiger partial charge >= 0.3 is 0 Å². The van der Waals surface area contributed by atoms with Crippen LogP contribution < -0.4 is 15.5 Å². The molecule has 0 spiro atoms. The van der Waals surface area contributed by atoms with Crippen molar-refractivity contribution >= 4 is 29.1 Å². The summed E-state index contributed by atoms with van der Waals surface area (Å²) in [5.41, 5.74) is 2.99. The zero-order valence-corrected chi connectivity index (χ0v) is 19.5. The summed E-state index contributed by atoms with van der Waals surface area (Å²) in [4.78, 5) is 43.9. The third kappa shape index (κ3) is 5.80. The second-order valence-electron chi connectivity index (χ2n) is 8.28. The molecule has 0 aliphatic carbocycles. The summed E-state index contributed by atoms with van der Waals surface area (Å²) in [6, 6.07) is 19.6. The molecule has 0 radical (unpaired) electrons. The molecular weight excluding hydrogens is 466 g/mol. The Labute approximate surface area is 206 Å². The minimum atomic E-state index is -1.16. The Kier molecular flexibility index (Phi) is 7.48. The van der Waals surface area contributed by atoms with E-state index in [0.29, 0.717) is 11.4 Å². The van der Waals surface area contributed by atoms with Gasteiger partial charge in [-0.05, 0) is 23.8 Å². The zero-order valence-electron chi connectivity index (χ0n) is 19.5. The number of nitrogens with zero attached hydrogens (tertiary/aromatic N) is 2. The quantitative estimate of drug-likeness (QED) is 0.534. The SMILES string of the molecule is CN1C(=O)C(NC(=O)CCNC(=O)Cc2cc(F)cc(F)c2)N=C(c2ccccc2)c2ccccc21. The first-order valence-corrected chi connectivity index (χ1v) is 11.3. The fraction of sp³-hybridized carbons (Fsp3) is 0.185. The maximum absolute atomic E-state index is 13.3. The van der Waals surface area contributed by atoms with Crippen LogP contribution in [0.4, 0.5) is 14.5 Å². The van der Waals surface area contributed by atoms with E-state index in [-0.39, 0.29) is 24.9 Å². The number of rotatable bonds is 7. The second kappa shape index (κ2) is 10.9. The Morgan fingerprint density at radius 2 is 1.61 bits per heavy atom. The molecule has 3 amide bonds. The average molecular weight is 491 g/mol. The number of hydrogen-bond donors (Lipinski definition) is 2. The first kappa shape index (κ1) is 24.7. The van der Waals surface area contributed by atoms with Crippen LogP contribution in [0.2, 0.25) is 0 Å². The number of benzodiazepines with no additional fused rings is 1. The number of likely N-dealkylation sites (N-methyl/N-ethyl adjacent to an activating group) is 1. The molecule has 2 N–H and O–H groups in total. The van der Waals surface area contributed by atoms with Crippen LogP contribution in [0.15, 0.2) is 77.8 Å². The molecule has 36 heavy (non-hydrogen) atoms. The van der Waals surface area contributed by atoms with Crippen LogP contribution in [-0.4, -0.2) is 43.2 Å². The van der Waals surface area contributed by atoms with E-state index in [1.165, 1.54) is 4.90 Å². The number of amides is 3. The van der Waals surface area contributed by atoms with Crippen molar-refractivity contribution in [1.82, 2.24) is 10.6 Å². The highest BCUT2D eigenvalue weighted by atomic mass is 19.1. The van der Waals surface area contributed by atoms with Gasteiger partial charge in [-0.3, -0.25) is 14.4 Å². The molecular formula is C27H24F2N4O3. The summed E-state index contributed by atoms with van der Waals surface area (Å²) in [5, 5.41) is 5.19. The van der Waals surface area contributed by atoms with Crippen molar-refractivity contribution < 1.29 is 23.2 Å². The lowest BCUT2D eigenvalue weighted by molar-refractivity contribution is -0.127. The van der Waals surface area contributed by atoms with Crippen LogP contribution in [-0.2, 0) is 20.8 Å². The molecule has 1 heterocycles. The fourth-order valence-electron chi connectivity index (χ4n) is 3.94. The van der Waals surface area contributed by atoms with Gasteiger partial charge in [0.15, 0.2) is 0 Å². The number of anilines is 1. The van der Waals surface area contributed by atoms with E-state index in [0.717, 1.165) is 29.3 Å². The molecule has 9 heteroatoms. The molecule has 7 nitrogen and oxygen atoms in total. The molecule has 1 aliphatic rings. The Morgan fingerprint density at radius 3 is 2.33 bits per heavy atom. The van der Waals surface area contributed by atoms with Crippen molar-refractivity contribution in [2.75, 3.05) is 18.5 Å². The summed E-state index contributed by atoms with van der Waals surface area (Å²) in [5.74, 6) is -2.92. The molecule has 3 aromatic carbocycles. The first-order chi connectivity index (χ1) is 17.3. The number of nitrogens with one attached hydrogen (secondary N) is 2. The van der Waals surface area contributed by atoms with E-state index < -0.39 is 35.5 Å². The molecule has 0 aromatic heterocycles. The van der Waals surface area contributed by atoms with Crippen molar-refractivity contribution in [3.63, 3.8) is 0 Å². The Balaban J connectivity index is 1.43. The van der Waals surface area contributed by atoms with Crippen molar-refractivity contribution in [1.29, 1.82) is 0 Å². The number of fused-ring (bicyclic) bond motifs is 1. The molecule has 1 unspecified atom stereocenters. The van der Waals surface area contributed by atoms with Gasteiger partial charge in [-0.25, -0.2) is 13.8 Å². The van der Waals surface area contributed by atoms with E-state index in [2.05, 4.69) is 15.6 Å². The Hall–Kier alpha value is -4.40. The van der Waals surface area contributed by atoms with Crippen LogP contribution in [0.25, 0.3) is 0 Å². The normalized spacial score (nSPS) is 15.0. The van der Waals surface area contributed by atoms with E-state index in [1.54, 1.807) is 7.05 Å². The van der Waals surface area contributed by atoms with Crippen LogP contribution in [0.5, 0.6) is 0 Å². The molecule has 0 saturated carbocycles. The molecule has 3 aromatic rings. The molecule has 4 rings (SSSR count). The van der Waals surface area contributed by atoms with Crippen molar-refractivity contribution in [2.45, 2.75) is 19.0 Å². The highest BCUT2D eigenvalue weighted by Gasteiger charge is 2.30. The molecule has 0 saturated heterocycles. The average Bonchev–Trinajstić information content (AvgIpc) is 2.94. The van der Waals surface area contributed by atoms with Gasteiger partial charge in [0.25, 0.3) is 5.91 Å². The van der Waals surface area contributed by atoms with Gasteiger partial charge < -0.3 is 15.5 Å². The van der Waals surface area contributed by atoms with Crippen LogP contribution >= 0.6 is 0 Å². The standard InChI is InChI=1S/C27H24F2N4O3/c1-33-22-10-6-5-9-21(22)25(18-7-3-2-4-8-18)32-26(27(33)36)31-23(34)11-12-30-24(35)15-17-13-19(28)16-20(29)14-17/h2-10,13-14,16,26H,11-12,15H2,1H3,(H,30,35)(H,31,34). The number of aliphatic imine (C=N–C) groups is 1. The lowest BCUT2D eigenvalue weighted by atomic mass is 10.0. The van der Waals surface area contributed by atoms with E-state index >= 15 is 0 Å². The summed E-state index contributed by atoms with van der Waals surface area (Å²) in [6.07, 6.45) is -1.50. The molecule has 0 fully saturated rings. The van der Waals surface area contributed by atoms with Gasteiger partial charge in [-0.1, -0.05) is 48.5 Å². The topological polar surface area (TPSA) is 90.9 Å². The van der Waals surface area contributed by atoms with Gasteiger partial charge in [0.1, 0.15) is 11.6 Å². The van der Waals surface area contributed by atoms with Crippen molar-refractivity contribution in [3.05, 3.63) is 101 Å². The van der Waals surface area contributed by atoms with Gasteiger partial charge in [0.05, 0.1) is 17.8 Å². The maximum Gasteiger partial charge on any atom is 0.272 e. The monoisotopic (exact) mass is 490 g/mol. The van der Waals surface area contributed by atoms with Gasteiger partial charge in [0, 0.05) is 37.2 Å². The number of para-hydroxylation sites is 1. The number of halogens is 2. The highest BCUT2D eigenvalue weighted by Crippen LogP contribution is 2.27. The smallest absolute Gasteiger partial charge is 0.272 e. The number of benzene rings is 3. The van der Waals surface area contributed by atoms with Crippen LogP contribution in [0, 0.1) is 11.6 Å². The molecule has 0 bridgehead atoms. The van der Waals surface area contributed by atoms with E-state index in [1.807, 2.05) is 54.6 Å². The third-order valence-corrected chi connectivity index (χ3v) is 5.65. The van der Waals surface area contributed by atoms with E-state index in [4.69, 9.17) is 0 Å². The largest absolute Gasteiger partial charge is 0.355 e. The summed E-state index contributed by atoms with van der Waals surface area (Å²) in [7, 11) is 1.62. The predicted molar refractivity (Wildman–Crippen MR) is 132 cm³/mol. The third-order valence-electron chi connectivity index (χ3n) is 5.65. The van der Waals surface area contributed by atoms with Crippen molar-refractivity contribution in [3.8, 4) is 0 Å². The lowest BCUT2D eigenvalue weighted by Gasteiger charge is -2.20. The Morgan fingerprint density at radius 1 is 0.944 bits per heavy atom. The highest BCUT2D eigenvalue weighted by molar-refractivity contribution is 6.20. The van der Waals surface area contributed by atoms with Gasteiger partial charge in [-0.15, -0.1) is 0 Å². The summed E-state index contributed by atoms with van der Waals surface area (Å²) in [6.45, 7) is -0.0192. The van der Waals surface area contributed by atoms with Gasteiger partial charge in [0.2, 0.25) is 18.0 Å². The summed E-state index contributed by atoms with van der Waals surface area (Å²) >= 11 is 0. The molecule has 1 aliphatic heterocycles. The minimum absolute atomic E-state index is 0.0192. The number of hydrogen-bond acceptors (Lipinski definition) is 4. The molecule has 1 atom stereocenters. The molecule has 184 valence electrons. The van der Waals surface area contributed by atoms with Crippen LogP contribution in [0.1, 0.15) is 23.1 Å². The number of carbonyl (C=O) groups excluding carboxylic acids is 3. The number of carbonyl (C=O) groups is 3. The maximum atomic E-state index is 13.3. The predicted octanol–water partition coefficient (Wildman–Crippen LogP) is 2.97. The second-order valence-corrected chi connectivity index (χ2v) is 8.28. The first-order valence-electron chi connectivity index (χ1n) is 11.3. The van der Waals surface area contributed by atoms with Gasteiger partial charge in [-0.2, -0.15) is 0 Å². The van der Waals surface area contributed by atoms with Crippen molar-refractivity contribution in [2.24, 2.45) is 4.99 Å². The van der Waals surface area contributed by atoms with E-state index in [9.17, 15) is 23.2 Å².